The minimum Gasteiger partial charge on any atom is -0.478 e. The first-order valence-corrected chi connectivity index (χ1v) is 10.7. The average Bonchev–Trinajstić information content (AvgIpc) is 3.47. The third-order valence-electron chi connectivity index (χ3n) is 5.34. The molecule has 180 valence electrons. The zero-order valence-electron chi connectivity index (χ0n) is 19.1. The van der Waals surface area contributed by atoms with Gasteiger partial charge < -0.3 is 20.3 Å². The molecule has 3 rings (SSSR count). The van der Waals surface area contributed by atoms with Crippen molar-refractivity contribution in [2.24, 2.45) is 5.92 Å². The van der Waals surface area contributed by atoms with Crippen LogP contribution in [0.4, 0.5) is 4.39 Å². The van der Waals surface area contributed by atoms with E-state index in [0.29, 0.717) is 11.5 Å². The number of fused-ring (bicyclic) bond motifs is 1. The van der Waals surface area contributed by atoms with Gasteiger partial charge in [-0.2, -0.15) is 0 Å². The quantitative estimate of drug-likeness (QED) is 0.180. The lowest BCUT2D eigenvalue weighted by Gasteiger charge is -2.17. The van der Waals surface area contributed by atoms with Gasteiger partial charge in [0.05, 0.1) is 16.6 Å². The van der Waals surface area contributed by atoms with Crippen molar-refractivity contribution in [2.75, 3.05) is 26.7 Å². The largest absolute Gasteiger partial charge is 0.478 e. The standard InChI is InChI=1S/C14H22N2O.C11H6FNO4/c1-4-6-13(7-5-2)14(17)16-9-8-12(11-16)10-15-3;12-7-2-1-5(11(16)17)10-9(7)6(3-13-10)8(15)4-14/h4-7,12,15H,1,8-11H2,2-3H3;1-4,13H,(H,16,17)/b7-5-,13-6+;. The van der Waals surface area contributed by atoms with E-state index in [0.717, 1.165) is 44.4 Å². The second kappa shape index (κ2) is 12.4. The first kappa shape index (κ1) is 26.4. The normalized spacial score (nSPS) is 15.8. The Morgan fingerprint density at radius 2 is 2.06 bits per heavy atom. The van der Waals surface area contributed by atoms with Crippen LogP contribution in [0.1, 0.15) is 34.1 Å². The number of carbonyl (C=O) groups is 4. The summed E-state index contributed by atoms with van der Waals surface area (Å²) in [5.74, 6) is -2.21. The number of allylic oxidation sites excluding steroid dienone is 3. The van der Waals surface area contributed by atoms with Gasteiger partial charge >= 0.3 is 5.97 Å². The van der Waals surface area contributed by atoms with Gasteiger partial charge in [-0.1, -0.05) is 30.9 Å². The molecular weight excluding hydrogens is 441 g/mol. The molecule has 1 amide bonds. The summed E-state index contributed by atoms with van der Waals surface area (Å²) in [7, 11) is 1.95. The number of carboxylic acid groups (broad SMARTS) is 1. The number of halogens is 1. The topological polar surface area (TPSA) is 120 Å². The van der Waals surface area contributed by atoms with Gasteiger partial charge in [0.2, 0.25) is 5.78 Å². The number of aromatic amines is 1. The molecule has 1 aromatic carbocycles. The van der Waals surface area contributed by atoms with Crippen LogP contribution in [0.5, 0.6) is 0 Å². The number of aromatic nitrogens is 1. The van der Waals surface area contributed by atoms with Gasteiger partial charge in [0.25, 0.3) is 5.91 Å². The summed E-state index contributed by atoms with van der Waals surface area (Å²) in [4.78, 5) is 49.1. The summed E-state index contributed by atoms with van der Waals surface area (Å²) in [6.07, 6.45) is 9.42. The van der Waals surface area contributed by atoms with E-state index in [1.165, 1.54) is 0 Å². The van der Waals surface area contributed by atoms with E-state index in [1.54, 1.807) is 12.2 Å². The van der Waals surface area contributed by atoms with Crippen molar-refractivity contribution in [3.63, 3.8) is 0 Å². The summed E-state index contributed by atoms with van der Waals surface area (Å²) >= 11 is 0. The van der Waals surface area contributed by atoms with E-state index >= 15 is 0 Å². The molecular formula is C25H28FN3O5. The van der Waals surface area contributed by atoms with Crippen LogP contribution in [0.15, 0.2) is 54.8 Å². The highest BCUT2D eigenvalue weighted by molar-refractivity contribution is 6.36. The Bertz CT molecular complexity index is 1150. The monoisotopic (exact) mass is 469 g/mol. The van der Waals surface area contributed by atoms with Gasteiger partial charge in [-0.05, 0) is 45.0 Å². The number of amides is 1. The zero-order valence-corrected chi connectivity index (χ0v) is 19.1. The van der Waals surface area contributed by atoms with E-state index in [9.17, 15) is 23.6 Å². The molecule has 1 aliphatic heterocycles. The molecule has 34 heavy (non-hydrogen) atoms. The van der Waals surface area contributed by atoms with Crippen LogP contribution >= 0.6 is 0 Å². The van der Waals surface area contributed by atoms with Crippen molar-refractivity contribution < 1.29 is 28.7 Å². The fraction of sp³-hybridized carbons (Fsp3) is 0.280. The molecule has 0 saturated carbocycles. The molecule has 1 aliphatic rings. The first-order valence-electron chi connectivity index (χ1n) is 10.7. The molecule has 1 unspecified atom stereocenters. The first-order chi connectivity index (χ1) is 16.3. The molecule has 9 heteroatoms. The van der Waals surface area contributed by atoms with Crippen molar-refractivity contribution in [2.45, 2.75) is 13.3 Å². The number of aldehydes is 1. The van der Waals surface area contributed by atoms with Crippen LogP contribution in [0.25, 0.3) is 10.9 Å². The lowest BCUT2D eigenvalue weighted by atomic mass is 10.1. The third kappa shape index (κ3) is 6.14. The lowest BCUT2D eigenvalue weighted by molar-refractivity contribution is -0.125. The summed E-state index contributed by atoms with van der Waals surface area (Å²) < 4.78 is 13.5. The maximum absolute atomic E-state index is 13.5. The van der Waals surface area contributed by atoms with E-state index in [-0.39, 0.29) is 34.2 Å². The summed E-state index contributed by atoms with van der Waals surface area (Å²) in [5, 5.41) is 11.9. The molecule has 1 aromatic heterocycles. The number of hydrogen-bond donors (Lipinski definition) is 3. The Morgan fingerprint density at radius 3 is 2.65 bits per heavy atom. The van der Waals surface area contributed by atoms with Crippen molar-refractivity contribution in [3.05, 3.63) is 71.7 Å². The fourth-order valence-corrected chi connectivity index (χ4v) is 3.80. The molecule has 2 aromatic rings. The number of carboxylic acids is 1. The van der Waals surface area contributed by atoms with Gasteiger partial charge in [0, 0.05) is 30.2 Å². The van der Waals surface area contributed by atoms with Gasteiger partial charge in [-0.3, -0.25) is 14.4 Å². The number of rotatable bonds is 8. The van der Waals surface area contributed by atoms with Crippen molar-refractivity contribution in [1.29, 1.82) is 0 Å². The molecule has 1 fully saturated rings. The van der Waals surface area contributed by atoms with Crippen LogP contribution in [0.2, 0.25) is 0 Å². The highest BCUT2D eigenvalue weighted by atomic mass is 19.1. The number of carbonyl (C=O) groups excluding carboxylic acids is 3. The number of likely N-dealkylation sites (tertiary alicyclic amines) is 1. The third-order valence-corrected chi connectivity index (χ3v) is 5.34. The van der Waals surface area contributed by atoms with Crippen molar-refractivity contribution in [3.8, 4) is 0 Å². The average molecular weight is 470 g/mol. The Balaban J connectivity index is 0.000000240. The van der Waals surface area contributed by atoms with Crippen molar-refractivity contribution in [1.82, 2.24) is 15.2 Å². The summed E-state index contributed by atoms with van der Waals surface area (Å²) in [5.41, 5.74) is 0.372. The van der Waals surface area contributed by atoms with Crippen molar-refractivity contribution >= 4 is 34.8 Å². The van der Waals surface area contributed by atoms with E-state index < -0.39 is 17.6 Å². The Morgan fingerprint density at radius 1 is 1.32 bits per heavy atom. The number of nitrogens with zero attached hydrogens (tertiary/aromatic N) is 1. The SMILES string of the molecule is C=C/C=C(\C=C/C)C(=O)N1CCC(CNC)C1.O=CC(=O)c1c[nH]c2c(C(=O)O)ccc(F)c12. The second-order valence-electron chi connectivity index (χ2n) is 7.66. The number of ketones is 1. The lowest BCUT2D eigenvalue weighted by Crippen LogP contribution is -2.31. The molecule has 0 spiro atoms. The highest BCUT2D eigenvalue weighted by Crippen LogP contribution is 2.25. The number of Topliss-reactive ketones (excluding diaryl/α,β-unsaturated/α-hetero) is 1. The summed E-state index contributed by atoms with van der Waals surface area (Å²) in [6, 6.07) is 2.03. The van der Waals surface area contributed by atoms with E-state index in [2.05, 4.69) is 16.9 Å². The predicted molar refractivity (Wildman–Crippen MR) is 127 cm³/mol. The van der Waals surface area contributed by atoms with Crippen LogP contribution in [0.3, 0.4) is 0 Å². The van der Waals surface area contributed by atoms with Gasteiger partial charge in [0.15, 0.2) is 6.29 Å². The summed E-state index contributed by atoms with van der Waals surface area (Å²) in [6.45, 7) is 8.25. The zero-order chi connectivity index (χ0) is 25.3. The fourth-order valence-electron chi connectivity index (χ4n) is 3.80. The van der Waals surface area contributed by atoms with E-state index in [4.69, 9.17) is 5.11 Å². The maximum atomic E-state index is 13.5. The molecule has 2 heterocycles. The van der Waals surface area contributed by atoms with Gasteiger partial charge in [-0.15, -0.1) is 0 Å². The number of nitrogens with one attached hydrogen (secondary N) is 2. The van der Waals surface area contributed by atoms with E-state index in [1.807, 2.05) is 31.0 Å². The number of hydrogen-bond acceptors (Lipinski definition) is 5. The molecule has 8 nitrogen and oxygen atoms in total. The highest BCUT2D eigenvalue weighted by Gasteiger charge is 2.26. The molecule has 0 aliphatic carbocycles. The van der Waals surface area contributed by atoms with Crippen LogP contribution < -0.4 is 5.32 Å². The second-order valence-corrected chi connectivity index (χ2v) is 7.66. The Kier molecular flexibility index (Phi) is 9.63. The van der Waals surface area contributed by atoms with Gasteiger partial charge in [-0.25, -0.2) is 9.18 Å². The van der Waals surface area contributed by atoms with Gasteiger partial charge in [0.1, 0.15) is 5.82 Å². The minimum atomic E-state index is -1.25. The Labute approximate surface area is 196 Å². The predicted octanol–water partition coefficient (Wildman–Crippen LogP) is 3.13. The van der Waals surface area contributed by atoms with Crippen LogP contribution in [0, 0.1) is 11.7 Å². The number of benzene rings is 1. The molecule has 1 atom stereocenters. The molecule has 0 radical (unpaired) electrons. The molecule has 1 saturated heterocycles. The maximum Gasteiger partial charge on any atom is 0.337 e. The minimum absolute atomic E-state index is 0.0114. The Hall–Kier alpha value is -3.85. The van der Waals surface area contributed by atoms with Crippen LogP contribution in [-0.2, 0) is 9.59 Å². The number of H-pyrrole nitrogens is 1. The molecule has 3 N–H and O–H groups in total. The molecule has 0 bridgehead atoms. The number of aromatic carboxylic acids is 1. The smallest absolute Gasteiger partial charge is 0.337 e. The van der Waals surface area contributed by atoms with Crippen LogP contribution in [-0.4, -0.2) is 65.6 Å².